The van der Waals surface area contributed by atoms with E-state index in [1.54, 1.807) is 23.4 Å². The highest BCUT2D eigenvalue weighted by molar-refractivity contribution is 6.32. The zero-order valence-corrected chi connectivity index (χ0v) is 13.5. The number of anilines is 1. The van der Waals surface area contributed by atoms with Crippen molar-refractivity contribution in [3.63, 3.8) is 0 Å². The second-order valence-electron chi connectivity index (χ2n) is 5.53. The van der Waals surface area contributed by atoms with E-state index in [4.69, 9.17) is 11.6 Å². The summed E-state index contributed by atoms with van der Waals surface area (Å²) in [6.07, 6.45) is 6.12. The van der Waals surface area contributed by atoms with Crippen LogP contribution in [0.5, 0.6) is 0 Å². The fraction of sp³-hybridized carbons (Fsp3) is 0.333. The summed E-state index contributed by atoms with van der Waals surface area (Å²) in [6.45, 7) is 0.604. The number of rotatable bonds is 3. The number of nitrogens with one attached hydrogen (secondary N) is 2. The molecule has 8 nitrogen and oxygen atoms in total. The molecular weight excluding hydrogens is 334 g/mol. The summed E-state index contributed by atoms with van der Waals surface area (Å²) in [7, 11) is 0. The lowest BCUT2D eigenvalue weighted by molar-refractivity contribution is -0.384. The predicted molar refractivity (Wildman–Crippen MR) is 89.0 cm³/mol. The van der Waals surface area contributed by atoms with Crippen molar-refractivity contribution in [1.82, 2.24) is 14.9 Å². The highest BCUT2D eigenvalue weighted by atomic mass is 35.5. The molecule has 0 spiro atoms. The number of benzene rings is 1. The van der Waals surface area contributed by atoms with Gasteiger partial charge in [0, 0.05) is 30.7 Å². The molecule has 2 aromatic rings. The average Bonchev–Trinajstić information content (AvgIpc) is 3.10. The first-order chi connectivity index (χ1) is 11.6. The number of carbonyl (C=O) groups excluding carboxylic acids is 1. The van der Waals surface area contributed by atoms with Crippen molar-refractivity contribution in [1.29, 1.82) is 0 Å². The Morgan fingerprint density at radius 1 is 1.46 bits per heavy atom. The number of hydrogen-bond acceptors (Lipinski definition) is 4. The number of likely N-dealkylation sites (tertiary alicyclic amines) is 1. The summed E-state index contributed by atoms with van der Waals surface area (Å²) < 4.78 is 0. The van der Waals surface area contributed by atoms with Gasteiger partial charge in [0.1, 0.15) is 10.8 Å². The van der Waals surface area contributed by atoms with E-state index in [-0.39, 0.29) is 22.8 Å². The third-order valence-corrected chi connectivity index (χ3v) is 4.31. The third kappa shape index (κ3) is 3.33. The van der Waals surface area contributed by atoms with Gasteiger partial charge in [0.2, 0.25) is 0 Å². The van der Waals surface area contributed by atoms with Gasteiger partial charge in [0.05, 0.1) is 11.0 Å². The molecule has 2 N–H and O–H groups in total. The Kier molecular flexibility index (Phi) is 4.66. The fourth-order valence-electron chi connectivity index (χ4n) is 2.84. The fourth-order valence-corrected chi connectivity index (χ4v) is 3.03. The Bertz CT molecular complexity index is 750. The molecule has 1 saturated heterocycles. The lowest BCUT2D eigenvalue weighted by atomic mass is 10.0. The molecule has 1 aromatic heterocycles. The Morgan fingerprint density at radius 2 is 2.29 bits per heavy atom. The number of hydrogen-bond donors (Lipinski definition) is 2. The number of amides is 2. The van der Waals surface area contributed by atoms with Crippen LogP contribution in [0.25, 0.3) is 0 Å². The maximum atomic E-state index is 12.6. The van der Waals surface area contributed by atoms with Crippen LogP contribution in [-0.4, -0.2) is 32.4 Å². The van der Waals surface area contributed by atoms with Gasteiger partial charge in [-0.15, -0.1) is 0 Å². The SMILES string of the molecule is O=C(Nc1ccc(Cl)c([N+](=O)[O-])c1)N1CCCC[C@@H]1c1ncc[nH]1. The third-order valence-electron chi connectivity index (χ3n) is 3.99. The lowest BCUT2D eigenvalue weighted by Crippen LogP contribution is -2.41. The van der Waals surface area contributed by atoms with E-state index in [9.17, 15) is 14.9 Å². The highest BCUT2D eigenvalue weighted by Crippen LogP contribution is 2.31. The Balaban J connectivity index is 1.78. The van der Waals surface area contributed by atoms with Gasteiger partial charge in [-0.2, -0.15) is 0 Å². The van der Waals surface area contributed by atoms with Crippen LogP contribution < -0.4 is 5.32 Å². The van der Waals surface area contributed by atoms with Crippen molar-refractivity contribution in [2.24, 2.45) is 0 Å². The maximum absolute atomic E-state index is 12.6. The van der Waals surface area contributed by atoms with Crippen LogP contribution in [0.2, 0.25) is 5.02 Å². The van der Waals surface area contributed by atoms with Gasteiger partial charge in [-0.1, -0.05) is 11.6 Å². The van der Waals surface area contributed by atoms with Gasteiger partial charge in [-0.05, 0) is 31.4 Å². The number of halogens is 1. The molecule has 126 valence electrons. The van der Waals surface area contributed by atoms with Gasteiger partial charge in [-0.25, -0.2) is 9.78 Å². The van der Waals surface area contributed by atoms with Crippen LogP contribution in [-0.2, 0) is 0 Å². The Labute approximate surface area is 143 Å². The molecule has 1 aliphatic rings. The molecule has 0 bridgehead atoms. The molecule has 0 unspecified atom stereocenters. The number of imidazole rings is 1. The first-order valence-corrected chi connectivity index (χ1v) is 7.95. The molecule has 0 saturated carbocycles. The molecule has 1 aliphatic heterocycles. The van der Waals surface area contributed by atoms with E-state index in [1.807, 2.05) is 0 Å². The lowest BCUT2D eigenvalue weighted by Gasteiger charge is -2.34. The second-order valence-corrected chi connectivity index (χ2v) is 5.94. The molecule has 24 heavy (non-hydrogen) atoms. The van der Waals surface area contributed by atoms with Crippen molar-refractivity contribution >= 4 is 29.0 Å². The summed E-state index contributed by atoms with van der Waals surface area (Å²) in [5.41, 5.74) is 0.0931. The minimum absolute atomic E-state index is 0.0319. The number of nitro benzene ring substituents is 1. The van der Waals surface area contributed by atoms with Crippen LogP contribution in [0, 0.1) is 10.1 Å². The standard InChI is InChI=1S/C15H16ClN5O3/c16-11-5-4-10(9-13(11)21(23)24)19-15(22)20-8-2-1-3-12(20)14-17-6-7-18-14/h4-7,9,12H,1-3,8H2,(H,17,18)(H,19,22)/t12-/m1/s1. The summed E-state index contributed by atoms with van der Waals surface area (Å²) >= 11 is 5.79. The summed E-state index contributed by atoms with van der Waals surface area (Å²) in [5, 5.41) is 13.7. The summed E-state index contributed by atoms with van der Waals surface area (Å²) in [5.74, 6) is 0.743. The smallest absolute Gasteiger partial charge is 0.322 e. The zero-order chi connectivity index (χ0) is 17.1. The topological polar surface area (TPSA) is 104 Å². The molecular formula is C15H16ClN5O3. The second kappa shape index (κ2) is 6.88. The van der Waals surface area contributed by atoms with Crippen LogP contribution in [0.1, 0.15) is 31.1 Å². The van der Waals surface area contributed by atoms with Crippen LogP contribution >= 0.6 is 11.6 Å². The molecule has 3 rings (SSSR count). The van der Waals surface area contributed by atoms with Gasteiger partial charge < -0.3 is 15.2 Å². The largest absolute Gasteiger partial charge is 0.347 e. The molecule has 2 amide bonds. The van der Waals surface area contributed by atoms with Gasteiger partial charge in [0.25, 0.3) is 5.69 Å². The van der Waals surface area contributed by atoms with E-state index in [2.05, 4.69) is 15.3 Å². The maximum Gasteiger partial charge on any atom is 0.322 e. The number of aromatic amines is 1. The van der Waals surface area contributed by atoms with E-state index in [0.29, 0.717) is 12.2 Å². The molecule has 2 heterocycles. The molecule has 1 fully saturated rings. The van der Waals surface area contributed by atoms with E-state index in [0.717, 1.165) is 25.1 Å². The number of nitrogens with zero attached hydrogens (tertiary/aromatic N) is 3. The Morgan fingerprint density at radius 3 is 3.00 bits per heavy atom. The minimum atomic E-state index is -0.579. The quantitative estimate of drug-likeness (QED) is 0.650. The van der Waals surface area contributed by atoms with E-state index < -0.39 is 4.92 Å². The van der Waals surface area contributed by atoms with E-state index >= 15 is 0 Å². The van der Waals surface area contributed by atoms with Crippen molar-refractivity contribution in [3.05, 3.63) is 51.6 Å². The number of urea groups is 1. The Hall–Kier alpha value is -2.61. The van der Waals surface area contributed by atoms with Gasteiger partial charge in [-0.3, -0.25) is 10.1 Å². The normalized spacial score (nSPS) is 17.5. The molecule has 1 aromatic carbocycles. The van der Waals surface area contributed by atoms with Gasteiger partial charge >= 0.3 is 6.03 Å². The van der Waals surface area contributed by atoms with Crippen molar-refractivity contribution in [2.75, 3.05) is 11.9 Å². The van der Waals surface area contributed by atoms with Gasteiger partial charge in [0.15, 0.2) is 0 Å². The van der Waals surface area contributed by atoms with Crippen LogP contribution in [0.15, 0.2) is 30.6 Å². The summed E-state index contributed by atoms with van der Waals surface area (Å²) in [6, 6.07) is 3.75. The van der Waals surface area contributed by atoms with Crippen molar-refractivity contribution in [2.45, 2.75) is 25.3 Å². The average molecular weight is 350 g/mol. The number of piperidine rings is 1. The monoisotopic (exact) mass is 349 g/mol. The molecule has 1 atom stereocenters. The van der Waals surface area contributed by atoms with Crippen LogP contribution in [0.3, 0.4) is 0 Å². The van der Waals surface area contributed by atoms with Crippen LogP contribution in [0.4, 0.5) is 16.2 Å². The highest BCUT2D eigenvalue weighted by Gasteiger charge is 2.29. The zero-order valence-electron chi connectivity index (χ0n) is 12.7. The van der Waals surface area contributed by atoms with Crippen molar-refractivity contribution in [3.8, 4) is 0 Å². The molecule has 0 radical (unpaired) electrons. The number of H-pyrrole nitrogens is 1. The van der Waals surface area contributed by atoms with Crippen molar-refractivity contribution < 1.29 is 9.72 Å². The first kappa shape index (κ1) is 16.3. The summed E-state index contributed by atoms with van der Waals surface area (Å²) in [4.78, 5) is 32.0. The molecule has 9 heteroatoms. The number of nitro groups is 1. The first-order valence-electron chi connectivity index (χ1n) is 7.57. The van der Waals surface area contributed by atoms with E-state index in [1.165, 1.54) is 12.1 Å². The molecule has 0 aliphatic carbocycles. The predicted octanol–water partition coefficient (Wildman–Crippen LogP) is 3.73. The minimum Gasteiger partial charge on any atom is -0.347 e. The number of carbonyl (C=O) groups is 1. The number of aromatic nitrogens is 2.